The van der Waals surface area contributed by atoms with Gasteiger partial charge in [-0.2, -0.15) is 8.78 Å². The molecule has 0 unspecified atom stereocenters. The van der Waals surface area contributed by atoms with Crippen LogP contribution in [-0.4, -0.2) is 17.1 Å². The van der Waals surface area contributed by atoms with Gasteiger partial charge in [0.15, 0.2) is 0 Å². The maximum absolute atomic E-state index is 11.8. The number of esters is 1. The number of alkyl halides is 2. The van der Waals surface area contributed by atoms with E-state index in [1.807, 2.05) is 0 Å². The number of nitrogen functional groups attached to an aromatic ring is 1. The minimum atomic E-state index is -3.10. The Labute approximate surface area is 84.6 Å². The maximum atomic E-state index is 11.8. The second-order valence-corrected chi connectivity index (χ2v) is 3.46. The summed E-state index contributed by atoms with van der Waals surface area (Å²) in [4.78, 5) is 11.2. The SMILES string of the molecule is Nc1cc(C(=O)OC(F)F)n(C2CC2)c1. The van der Waals surface area contributed by atoms with Crippen LogP contribution in [0.1, 0.15) is 29.4 Å². The molecule has 0 radical (unpaired) electrons. The predicted octanol–water partition coefficient (Wildman–Crippen LogP) is 1.78. The Morgan fingerprint density at radius 2 is 2.27 bits per heavy atom. The van der Waals surface area contributed by atoms with Gasteiger partial charge >= 0.3 is 12.6 Å². The number of ether oxygens (including phenoxy) is 1. The lowest BCUT2D eigenvalue weighted by atomic mass is 10.4. The van der Waals surface area contributed by atoms with Crippen LogP contribution in [0.5, 0.6) is 0 Å². The summed E-state index contributed by atoms with van der Waals surface area (Å²) in [5, 5.41) is 0. The van der Waals surface area contributed by atoms with Crippen LogP contribution < -0.4 is 5.73 Å². The van der Waals surface area contributed by atoms with E-state index in [1.165, 1.54) is 6.07 Å². The highest BCUT2D eigenvalue weighted by molar-refractivity contribution is 5.89. The van der Waals surface area contributed by atoms with Gasteiger partial charge in [-0.25, -0.2) is 4.79 Å². The first-order valence-corrected chi connectivity index (χ1v) is 4.54. The van der Waals surface area contributed by atoms with E-state index in [9.17, 15) is 13.6 Å². The fraction of sp³-hybridized carbons (Fsp3) is 0.444. The molecular weight excluding hydrogens is 206 g/mol. The van der Waals surface area contributed by atoms with Gasteiger partial charge in [0.25, 0.3) is 0 Å². The lowest BCUT2D eigenvalue weighted by Crippen LogP contribution is -2.13. The van der Waals surface area contributed by atoms with Crippen LogP contribution in [0, 0.1) is 0 Å². The topological polar surface area (TPSA) is 57.3 Å². The Morgan fingerprint density at radius 3 is 2.80 bits per heavy atom. The second kappa shape index (κ2) is 3.52. The number of anilines is 1. The molecule has 1 aromatic heterocycles. The standard InChI is InChI=1S/C9H10F2N2O2/c10-9(11)15-8(14)7-3-5(12)4-13(7)6-1-2-6/h3-4,6,9H,1-2,12H2. The zero-order valence-corrected chi connectivity index (χ0v) is 7.82. The number of aromatic nitrogens is 1. The van der Waals surface area contributed by atoms with Gasteiger partial charge in [-0.05, 0) is 18.9 Å². The van der Waals surface area contributed by atoms with E-state index in [2.05, 4.69) is 4.74 Å². The molecule has 0 amide bonds. The number of nitrogens with two attached hydrogens (primary N) is 1. The Bertz CT molecular complexity index is 385. The van der Waals surface area contributed by atoms with Crippen LogP contribution in [0.2, 0.25) is 0 Å². The normalized spacial score (nSPS) is 15.7. The summed E-state index contributed by atoms with van der Waals surface area (Å²) >= 11 is 0. The number of carbonyl (C=O) groups excluding carboxylic acids is 1. The Morgan fingerprint density at radius 1 is 1.60 bits per heavy atom. The summed E-state index contributed by atoms with van der Waals surface area (Å²) in [5.74, 6) is -1.03. The molecule has 1 fully saturated rings. The number of carbonyl (C=O) groups is 1. The summed E-state index contributed by atoms with van der Waals surface area (Å²) < 4.78 is 29.1. The van der Waals surface area contributed by atoms with E-state index in [0.29, 0.717) is 5.69 Å². The first-order chi connectivity index (χ1) is 7.08. The quantitative estimate of drug-likeness (QED) is 0.783. The van der Waals surface area contributed by atoms with Crippen molar-refractivity contribution < 1.29 is 18.3 Å². The average molecular weight is 216 g/mol. The molecule has 1 aromatic rings. The zero-order valence-electron chi connectivity index (χ0n) is 7.82. The Balaban J connectivity index is 2.22. The molecule has 0 aliphatic heterocycles. The van der Waals surface area contributed by atoms with Crippen molar-refractivity contribution in [1.29, 1.82) is 0 Å². The Kier molecular flexibility index (Phi) is 2.34. The minimum absolute atomic E-state index is 0.0929. The molecular formula is C9H10F2N2O2. The third-order valence-corrected chi connectivity index (χ3v) is 2.22. The molecule has 82 valence electrons. The van der Waals surface area contributed by atoms with E-state index in [-0.39, 0.29) is 11.7 Å². The predicted molar refractivity (Wildman–Crippen MR) is 48.5 cm³/mol. The summed E-state index contributed by atoms with van der Waals surface area (Å²) in [6, 6.07) is 1.55. The molecule has 1 saturated carbocycles. The van der Waals surface area contributed by atoms with Crippen molar-refractivity contribution in [3.63, 3.8) is 0 Å². The summed E-state index contributed by atoms with van der Waals surface area (Å²) in [6.07, 6.45) is 3.44. The number of nitrogens with zero attached hydrogens (tertiary/aromatic N) is 1. The van der Waals surface area contributed by atoms with Crippen molar-refractivity contribution in [2.45, 2.75) is 25.5 Å². The van der Waals surface area contributed by atoms with Gasteiger partial charge in [0.1, 0.15) is 5.69 Å². The van der Waals surface area contributed by atoms with Gasteiger partial charge in [0.2, 0.25) is 0 Å². The van der Waals surface area contributed by atoms with Gasteiger partial charge in [-0.3, -0.25) is 0 Å². The summed E-state index contributed by atoms with van der Waals surface area (Å²) in [7, 11) is 0. The third kappa shape index (κ3) is 2.08. The van der Waals surface area contributed by atoms with Crippen LogP contribution in [0.4, 0.5) is 14.5 Å². The monoisotopic (exact) mass is 216 g/mol. The van der Waals surface area contributed by atoms with Crippen LogP contribution >= 0.6 is 0 Å². The fourth-order valence-electron chi connectivity index (χ4n) is 1.46. The molecule has 0 spiro atoms. The molecule has 1 aliphatic rings. The average Bonchev–Trinajstić information content (AvgIpc) is 2.88. The highest BCUT2D eigenvalue weighted by Gasteiger charge is 2.29. The molecule has 0 aromatic carbocycles. The van der Waals surface area contributed by atoms with Gasteiger partial charge in [-0.1, -0.05) is 0 Å². The van der Waals surface area contributed by atoms with E-state index in [1.54, 1.807) is 10.8 Å². The first kappa shape index (κ1) is 9.95. The molecule has 0 saturated heterocycles. The second-order valence-electron chi connectivity index (χ2n) is 3.46. The van der Waals surface area contributed by atoms with Crippen LogP contribution in [0.15, 0.2) is 12.3 Å². The van der Waals surface area contributed by atoms with Gasteiger partial charge < -0.3 is 15.0 Å². The van der Waals surface area contributed by atoms with Crippen LogP contribution in [0.3, 0.4) is 0 Å². The lowest BCUT2D eigenvalue weighted by Gasteiger charge is -2.06. The van der Waals surface area contributed by atoms with Gasteiger partial charge in [-0.15, -0.1) is 0 Å². The number of halogens is 2. The van der Waals surface area contributed by atoms with Crippen molar-refractivity contribution in [3.05, 3.63) is 18.0 Å². The van der Waals surface area contributed by atoms with Gasteiger partial charge in [0, 0.05) is 12.2 Å². The van der Waals surface area contributed by atoms with Crippen LogP contribution in [-0.2, 0) is 4.74 Å². The van der Waals surface area contributed by atoms with E-state index >= 15 is 0 Å². The highest BCUT2D eigenvalue weighted by atomic mass is 19.3. The van der Waals surface area contributed by atoms with Gasteiger partial charge in [0.05, 0.1) is 5.69 Å². The van der Waals surface area contributed by atoms with E-state index in [0.717, 1.165) is 12.8 Å². The minimum Gasteiger partial charge on any atom is -0.398 e. The molecule has 1 heterocycles. The van der Waals surface area contributed by atoms with Crippen molar-refractivity contribution in [2.24, 2.45) is 0 Å². The summed E-state index contributed by atoms with van der Waals surface area (Å²) in [6.45, 7) is -3.10. The third-order valence-electron chi connectivity index (χ3n) is 2.22. The van der Waals surface area contributed by atoms with Crippen LogP contribution in [0.25, 0.3) is 0 Å². The van der Waals surface area contributed by atoms with E-state index < -0.39 is 12.6 Å². The largest absolute Gasteiger partial charge is 0.398 e. The molecule has 6 heteroatoms. The van der Waals surface area contributed by atoms with E-state index in [4.69, 9.17) is 5.73 Å². The molecule has 15 heavy (non-hydrogen) atoms. The molecule has 2 rings (SSSR count). The number of rotatable bonds is 3. The molecule has 4 nitrogen and oxygen atoms in total. The maximum Gasteiger partial charge on any atom is 0.389 e. The molecule has 0 atom stereocenters. The first-order valence-electron chi connectivity index (χ1n) is 4.54. The van der Waals surface area contributed by atoms with Crippen molar-refractivity contribution in [3.8, 4) is 0 Å². The highest BCUT2D eigenvalue weighted by Crippen LogP contribution is 2.37. The van der Waals surface area contributed by atoms with Crippen molar-refractivity contribution in [1.82, 2.24) is 4.57 Å². The van der Waals surface area contributed by atoms with Crippen molar-refractivity contribution in [2.75, 3.05) is 5.73 Å². The van der Waals surface area contributed by atoms with Crippen molar-refractivity contribution >= 4 is 11.7 Å². The molecule has 1 aliphatic carbocycles. The summed E-state index contributed by atoms with van der Waals surface area (Å²) in [5.41, 5.74) is 5.97. The number of hydrogen-bond acceptors (Lipinski definition) is 3. The lowest BCUT2D eigenvalue weighted by molar-refractivity contribution is -0.0912. The number of hydrogen-bond donors (Lipinski definition) is 1. The molecule has 0 bridgehead atoms. The Hall–Kier alpha value is -1.59. The molecule has 2 N–H and O–H groups in total. The fourth-order valence-corrected chi connectivity index (χ4v) is 1.46. The smallest absolute Gasteiger partial charge is 0.389 e. The zero-order chi connectivity index (χ0) is 11.0.